The monoisotopic (exact) mass is 456 g/mol. The lowest BCUT2D eigenvalue weighted by Crippen LogP contribution is -2.15. The van der Waals surface area contributed by atoms with E-state index in [-0.39, 0.29) is 27.9 Å². The Labute approximate surface area is 184 Å². The van der Waals surface area contributed by atoms with Crippen molar-refractivity contribution in [3.8, 4) is 5.69 Å². The molecule has 4 aromatic rings. The molecule has 4 rings (SSSR count). The van der Waals surface area contributed by atoms with Gasteiger partial charge in [0.25, 0.3) is 11.8 Å². The summed E-state index contributed by atoms with van der Waals surface area (Å²) in [7, 11) is 0. The maximum atomic E-state index is 14.3. The van der Waals surface area contributed by atoms with Gasteiger partial charge in [-0.3, -0.25) is 9.59 Å². The molecular formula is C20H14ClFN6O2S. The number of amides is 2. The Morgan fingerprint density at radius 3 is 2.58 bits per heavy atom. The number of carbonyl (C=O) groups excluding carboxylic acids is 2. The van der Waals surface area contributed by atoms with E-state index in [0.717, 1.165) is 0 Å². The number of nitrogens with zero attached hydrogens (tertiary/aromatic N) is 4. The summed E-state index contributed by atoms with van der Waals surface area (Å²) in [5.41, 5.74) is 0.899. The van der Waals surface area contributed by atoms with E-state index in [4.69, 9.17) is 11.6 Å². The van der Waals surface area contributed by atoms with Crippen molar-refractivity contribution in [3.05, 3.63) is 81.0 Å². The molecule has 0 bridgehead atoms. The van der Waals surface area contributed by atoms with Gasteiger partial charge in [0.15, 0.2) is 5.82 Å². The number of halogens is 2. The van der Waals surface area contributed by atoms with Gasteiger partial charge < -0.3 is 10.6 Å². The molecule has 0 spiro atoms. The molecule has 0 radical (unpaired) electrons. The van der Waals surface area contributed by atoms with E-state index >= 15 is 0 Å². The third kappa shape index (κ3) is 4.44. The Kier molecular flexibility index (Phi) is 5.74. The number of anilines is 2. The molecule has 0 saturated heterocycles. The highest BCUT2D eigenvalue weighted by atomic mass is 35.5. The first-order valence-electron chi connectivity index (χ1n) is 8.93. The second-order valence-corrected chi connectivity index (χ2v) is 7.74. The van der Waals surface area contributed by atoms with Crippen LogP contribution in [0.15, 0.2) is 53.9 Å². The Balaban J connectivity index is 1.56. The fraction of sp³-hybridized carbons (Fsp3) is 0.0500. The van der Waals surface area contributed by atoms with Gasteiger partial charge in [0, 0.05) is 5.56 Å². The summed E-state index contributed by atoms with van der Waals surface area (Å²) in [5.74, 6) is -1.03. The van der Waals surface area contributed by atoms with Crippen LogP contribution in [0.3, 0.4) is 0 Å². The Morgan fingerprint density at radius 1 is 1.06 bits per heavy atom. The van der Waals surface area contributed by atoms with Gasteiger partial charge >= 0.3 is 0 Å². The number of hydrogen-bond acceptors (Lipinski definition) is 6. The van der Waals surface area contributed by atoms with Crippen molar-refractivity contribution in [2.75, 3.05) is 10.6 Å². The molecule has 156 valence electrons. The van der Waals surface area contributed by atoms with Crippen LogP contribution < -0.4 is 10.6 Å². The molecule has 11 heteroatoms. The third-order valence-corrected chi connectivity index (χ3v) is 5.49. The number of tetrazole rings is 1. The molecule has 2 aromatic carbocycles. The maximum Gasteiger partial charge on any atom is 0.265 e. The highest BCUT2D eigenvalue weighted by molar-refractivity contribution is 7.12. The molecule has 0 unspecified atom stereocenters. The second kappa shape index (κ2) is 8.62. The summed E-state index contributed by atoms with van der Waals surface area (Å²) in [4.78, 5) is 25.5. The quantitative estimate of drug-likeness (QED) is 0.465. The van der Waals surface area contributed by atoms with Gasteiger partial charge in [0.05, 0.1) is 27.0 Å². The maximum absolute atomic E-state index is 14.3. The van der Waals surface area contributed by atoms with E-state index in [1.165, 1.54) is 52.4 Å². The van der Waals surface area contributed by atoms with Crippen LogP contribution in [0.4, 0.5) is 15.8 Å². The van der Waals surface area contributed by atoms with Crippen LogP contribution in [0.25, 0.3) is 5.69 Å². The predicted octanol–water partition coefficient (Wildman–Crippen LogP) is 4.33. The average molecular weight is 457 g/mol. The smallest absolute Gasteiger partial charge is 0.265 e. The number of carbonyl (C=O) groups is 2. The van der Waals surface area contributed by atoms with Crippen LogP contribution in [-0.4, -0.2) is 32.0 Å². The van der Waals surface area contributed by atoms with E-state index < -0.39 is 11.7 Å². The fourth-order valence-electron chi connectivity index (χ4n) is 2.76. The molecular weight excluding hydrogens is 443 g/mol. The van der Waals surface area contributed by atoms with Gasteiger partial charge in [-0.1, -0.05) is 17.7 Å². The zero-order valence-corrected chi connectivity index (χ0v) is 17.5. The van der Waals surface area contributed by atoms with Crippen LogP contribution in [0.5, 0.6) is 0 Å². The highest BCUT2D eigenvalue weighted by Gasteiger charge is 2.15. The molecule has 31 heavy (non-hydrogen) atoms. The van der Waals surface area contributed by atoms with Gasteiger partial charge in [-0.05, 0) is 65.2 Å². The van der Waals surface area contributed by atoms with Crippen molar-refractivity contribution in [1.29, 1.82) is 0 Å². The van der Waals surface area contributed by atoms with Crippen LogP contribution in [0.2, 0.25) is 5.02 Å². The van der Waals surface area contributed by atoms with Gasteiger partial charge in [-0.25, -0.2) is 4.39 Å². The zero-order valence-electron chi connectivity index (χ0n) is 16.0. The van der Waals surface area contributed by atoms with E-state index in [0.29, 0.717) is 16.4 Å². The van der Waals surface area contributed by atoms with Crippen molar-refractivity contribution in [1.82, 2.24) is 20.2 Å². The summed E-state index contributed by atoms with van der Waals surface area (Å²) in [6.45, 7) is 1.70. The summed E-state index contributed by atoms with van der Waals surface area (Å²) >= 11 is 7.44. The summed E-state index contributed by atoms with van der Waals surface area (Å²) in [5, 5.41) is 18.4. The SMILES string of the molecule is Cc1nnnn1-c1ccc(F)c(NC(=O)c2ccc(Cl)c(NC(=O)c3cccs3)c2)c1. The topological polar surface area (TPSA) is 102 Å². The Morgan fingerprint density at radius 2 is 1.87 bits per heavy atom. The minimum absolute atomic E-state index is 0.0449. The number of thiophene rings is 1. The summed E-state index contributed by atoms with van der Waals surface area (Å²) in [6, 6.07) is 11.9. The van der Waals surface area contributed by atoms with Gasteiger partial charge in [-0.2, -0.15) is 4.68 Å². The van der Waals surface area contributed by atoms with Gasteiger partial charge in [0.1, 0.15) is 5.82 Å². The number of hydrogen-bond donors (Lipinski definition) is 2. The molecule has 0 atom stereocenters. The van der Waals surface area contributed by atoms with Crippen molar-refractivity contribution in [2.24, 2.45) is 0 Å². The van der Waals surface area contributed by atoms with Crippen molar-refractivity contribution in [3.63, 3.8) is 0 Å². The van der Waals surface area contributed by atoms with E-state index in [9.17, 15) is 14.0 Å². The molecule has 0 aliphatic carbocycles. The molecule has 2 aromatic heterocycles. The number of rotatable bonds is 5. The van der Waals surface area contributed by atoms with Gasteiger partial charge in [-0.15, -0.1) is 16.4 Å². The Bertz CT molecular complexity index is 1270. The normalized spacial score (nSPS) is 10.7. The van der Waals surface area contributed by atoms with Crippen LogP contribution >= 0.6 is 22.9 Å². The van der Waals surface area contributed by atoms with Crippen molar-refractivity contribution in [2.45, 2.75) is 6.92 Å². The van der Waals surface area contributed by atoms with Gasteiger partial charge in [0.2, 0.25) is 0 Å². The minimum atomic E-state index is -0.622. The van der Waals surface area contributed by atoms with Crippen LogP contribution in [0.1, 0.15) is 25.9 Å². The van der Waals surface area contributed by atoms with Crippen LogP contribution in [0, 0.1) is 12.7 Å². The molecule has 8 nitrogen and oxygen atoms in total. The zero-order chi connectivity index (χ0) is 22.0. The van der Waals surface area contributed by atoms with E-state index in [1.54, 1.807) is 24.4 Å². The largest absolute Gasteiger partial charge is 0.320 e. The first kappa shape index (κ1) is 20.6. The molecule has 0 saturated carbocycles. The lowest BCUT2D eigenvalue weighted by atomic mass is 10.1. The lowest BCUT2D eigenvalue weighted by Gasteiger charge is -2.11. The second-order valence-electron chi connectivity index (χ2n) is 6.38. The number of aromatic nitrogens is 4. The molecule has 2 heterocycles. The van der Waals surface area contributed by atoms with E-state index in [2.05, 4.69) is 26.2 Å². The number of nitrogens with one attached hydrogen (secondary N) is 2. The summed E-state index contributed by atoms with van der Waals surface area (Å²) < 4.78 is 15.7. The summed E-state index contributed by atoms with van der Waals surface area (Å²) in [6.07, 6.45) is 0. The van der Waals surface area contributed by atoms with E-state index in [1.807, 2.05) is 0 Å². The first-order chi connectivity index (χ1) is 14.9. The molecule has 2 amide bonds. The number of aryl methyl sites for hydroxylation is 1. The Hall–Kier alpha value is -3.63. The standard InChI is InChI=1S/C20H14ClFN6O2S/c1-11-25-26-27-28(11)13-5-7-15(22)17(10-13)24-19(29)12-4-6-14(21)16(9-12)23-20(30)18-3-2-8-31-18/h2-10H,1H3,(H,23,30)(H,24,29). The van der Waals surface area contributed by atoms with Crippen molar-refractivity contribution >= 4 is 46.1 Å². The highest BCUT2D eigenvalue weighted by Crippen LogP contribution is 2.26. The third-order valence-electron chi connectivity index (χ3n) is 4.29. The van der Waals surface area contributed by atoms with Crippen molar-refractivity contribution < 1.29 is 14.0 Å². The van der Waals surface area contributed by atoms with Crippen LogP contribution in [-0.2, 0) is 0 Å². The molecule has 0 fully saturated rings. The fourth-order valence-corrected chi connectivity index (χ4v) is 3.54. The predicted molar refractivity (Wildman–Crippen MR) is 116 cm³/mol. The molecule has 0 aliphatic rings. The number of benzene rings is 2. The first-order valence-corrected chi connectivity index (χ1v) is 10.2. The lowest BCUT2D eigenvalue weighted by molar-refractivity contribution is 0.101. The molecule has 2 N–H and O–H groups in total. The minimum Gasteiger partial charge on any atom is -0.320 e. The molecule has 0 aliphatic heterocycles. The average Bonchev–Trinajstić information content (AvgIpc) is 3.43.